The van der Waals surface area contributed by atoms with Gasteiger partial charge in [-0.1, -0.05) is 43.2 Å². The maximum absolute atomic E-state index is 11.8. The predicted octanol–water partition coefficient (Wildman–Crippen LogP) is 2.54. The number of likely N-dealkylation sites (tertiary alicyclic amines) is 1. The smallest absolute Gasteiger partial charge is 0.321 e. The first kappa shape index (κ1) is 15.2. The van der Waals surface area contributed by atoms with Gasteiger partial charge in [0.2, 0.25) is 0 Å². The summed E-state index contributed by atoms with van der Waals surface area (Å²) in [4.78, 5) is 25.3. The highest BCUT2D eigenvalue weighted by Crippen LogP contribution is 2.37. The number of carbonyl (C=O) groups is 2. The molecule has 0 spiro atoms. The number of hydrogen-bond donors (Lipinski definition) is 1. The summed E-state index contributed by atoms with van der Waals surface area (Å²) in [5.41, 5.74) is 1.14. The first-order chi connectivity index (χ1) is 10.7. The summed E-state index contributed by atoms with van der Waals surface area (Å²) >= 11 is 0. The Morgan fingerprint density at radius 1 is 1.18 bits per heavy atom. The lowest BCUT2D eigenvalue weighted by Crippen LogP contribution is -2.44. The molecule has 0 amide bonds. The lowest BCUT2D eigenvalue weighted by Gasteiger charge is -2.29. The standard InChI is InChI=1S/C18H23NO3/c20-12-15-10-19(11-16(15)13-6-2-1-3-7-13)17(18(21)22)14-8-4-5-9-14/h1-3,6-7,12,14-17H,4-5,8-11H2,(H,21,22). The average molecular weight is 301 g/mol. The lowest BCUT2D eigenvalue weighted by molar-refractivity contribution is -0.145. The first-order valence-electron chi connectivity index (χ1n) is 8.18. The summed E-state index contributed by atoms with van der Waals surface area (Å²) in [6, 6.07) is 9.56. The molecule has 4 heteroatoms. The van der Waals surface area contributed by atoms with Gasteiger partial charge in [-0.3, -0.25) is 9.69 Å². The van der Waals surface area contributed by atoms with Crippen LogP contribution in [0, 0.1) is 11.8 Å². The van der Waals surface area contributed by atoms with Crippen molar-refractivity contribution in [1.29, 1.82) is 0 Å². The molecular weight excluding hydrogens is 278 g/mol. The molecule has 1 saturated carbocycles. The fourth-order valence-electron chi connectivity index (χ4n) is 4.21. The van der Waals surface area contributed by atoms with Crippen LogP contribution in [-0.2, 0) is 9.59 Å². The van der Waals surface area contributed by atoms with Crippen LogP contribution in [0.3, 0.4) is 0 Å². The second-order valence-electron chi connectivity index (χ2n) is 6.60. The lowest BCUT2D eigenvalue weighted by atomic mass is 9.90. The monoisotopic (exact) mass is 301 g/mol. The van der Waals surface area contributed by atoms with Crippen LogP contribution in [0.2, 0.25) is 0 Å². The van der Waals surface area contributed by atoms with E-state index in [9.17, 15) is 14.7 Å². The molecule has 1 aliphatic carbocycles. The van der Waals surface area contributed by atoms with E-state index in [0.29, 0.717) is 13.1 Å². The molecule has 1 heterocycles. The van der Waals surface area contributed by atoms with Crippen molar-refractivity contribution in [3.8, 4) is 0 Å². The molecule has 4 nitrogen and oxygen atoms in total. The second kappa shape index (κ2) is 6.61. The van der Waals surface area contributed by atoms with Crippen molar-refractivity contribution in [2.24, 2.45) is 11.8 Å². The van der Waals surface area contributed by atoms with Crippen LogP contribution < -0.4 is 0 Å². The molecule has 1 aromatic carbocycles. The van der Waals surface area contributed by atoms with Crippen molar-refractivity contribution in [3.05, 3.63) is 35.9 Å². The van der Waals surface area contributed by atoms with E-state index in [0.717, 1.165) is 37.5 Å². The van der Waals surface area contributed by atoms with Crippen molar-refractivity contribution in [3.63, 3.8) is 0 Å². The van der Waals surface area contributed by atoms with Gasteiger partial charge in [0.15, 0.2) is 0 Å². The molecule has 3 rings (SSSR count). The molecule has 1 saturated heterocycles. The van der Waals surface area contributed by atoms with E-state index in [1.165, 1.54) is 0 Å². The molecule has 3 atom stereocenters. The Balaban J connectivity index is 1.80. The third-order valence-corrected chi connectivity index (χ3v) is 5.29. The zero-order valence-corrected chi connectivity index (χ0v) is 12.7. The molecule has 2 fully saturated rings. The van der Waals surface area contributed by atoms with E-state index in [1.54, 1.807) is 0 Å². The number of carboxylic acid groups (broad SMARTS) is 1. The van der Waals surface area contributed by atoms with E-state index in [4.69, 9.17) is 0 Å². The van der Waals surface area contributed by atoms with Crippen LogP contribution in [0.5, 0.6) is 0 Å². The molecule has 3 unspecified atom stereocenters. The van der Waals surface area contributed by atoms with Crippen LogP contribution in [0.25, 0.3) is 0 Å². The molecule has 1 N–H and O–H groups in total. The minimum Gasteiger partial charge on any atom is -0.480 e. The number of hydrogen-bond acceptors (Lipinski definition) is 3. The van der Waals surface area contributed by atoms with E-state index < -0.39 is 12.0 Å². The quantitative estimate of drug-likeness (QED) is 0.849. The van der Waals surface area contributed by atoms with Crippen LogP contribution in [0.1, 0.15) is 37.2 Å². The summed E-state index contributed by atoms with van der Waals surface area (Å²) in [6.07, 6.45) is 5.25. The molecule has 22 heavy (non-hydrogen) atoms. The Morgan fingerprint density at radius 3 is 2.45 bits per heavy atom. The number of nitrogens with zero attached hydrogens (tertiary/aromatic N) is 1. The molecule has 0 bridgehead atoms. The van der Waals surface area contributed by atoms with Gasteiger partial charge < -0.3 is 9.90 Å². The van der Waals surface area contributed by atoms with Gasteiger partial charge in [0.1, 0.15) is 12.3 Å². The van der Waals surface area contributed by atoms with Crippen molar-refractivity contribution in [1.82, 2.24) is 4.90 Å². The van der Waals surface area contributed by atoms with Crippen LogP contribution in [-0.4, -0.2) is 41.4 Å². The third-order valence-electron chi connectivity index (χ3n) is 5.29. The number of carboxylic acids is 1. The van der Waals surface area contributed by atoms with Crippen molar-refractivity contribution >= 4 is 12.3 Å². The Labute approximate surface area is 131 Å². The number of rotatable bonds is 5. The SMILES string of the molecule is O=CC1CN(C(C(=O)O)C2CCCC2)CC1c1ccccc1. The van der Waals surface area contributed by atoms with Crippen LogP contribution >= 0.6 is 0 Å². The Kier molecular flexibility index (Phi) is 4.57. The van der Waals surface area contributed by atoms with Gasteiger partial charge in [-0.2, -0.15) is 0 Å². The first-order valence-corrected chi connectivity index (χ1v) is 8.18. The minimum atomic E-state index is -0.731. The number of aldehydes is 1. The number of aliphatic carboxylic acids is 1. The highest BCUT2D eigenvalue weighted by Gasteiger charge is 2.42. The summed E-state index contributed by atoms with van der Waals surface area (Å²) in [7, 11) is 0. The number of carbonyl (C=O) groups excluding carboxylic acids is 1. The summed E-state index contributed by atoms with van der Waals surface area (Å²) in [6.45, 7) is 1.23. The van der Waals surface area contributed by atoms with Gasteiger partial charge in [-0.05, 0) is 24.3 Å². The zero-order valence-electron chi connectivity index (χ0n) is 12.7. The molecular formula is C18H23NO3. The highest BCUT2D eigenvalue weighted by atomic mass is 16.4. The number of benzene rings is 1. The van der Waals surface area contributed by atoms with Gasteiger partial charge in [0.05, 0.1) is 0 Å². The fourth-order valence-corrected chi connectivity index (χ4v) is 4.21. The maximum Gasteiger partial charge on any atom is 0.321 e. The summed E-state index contributed by atoms with van der Waals surface area (Å²) in [5.74, 6) is -0.489. The normalized spacial score (nSPS) is 27.8. The van der Waals surface area contributed by atoms with Gasteiger partial charge >= 0.3 is 5.97 Å². The fraction of sp³-hybridized carbons (Fsp3) is 0.556. The van der Waals surface area contributed by atoms with Crippen molar-refractivity contribution < 1.29 is 14.7 Å². The second-order valence-corrected chi connectivity index (χ2v) is 6.60. The molecule has 0 radical (unpaired) electrons. The molecule has 118 valence electrons. The molecule has 1 aromatic rings. The average Bonchev–Trinajstić information content (AvgIpc) is 3.18. The third kappa shape index (κ3) is 2.93. The van der Waals surface area contributed by atoms with Gasteiger partial charge in [0, 0.05) is 24.9 Å². The van der Waals surface area contributed by atoms with Crippen molar-refractivity contribution in [2.45, 2.75) is 37.6 Å². The highest BCUT2D eigenvalue weighted by molar-refractivity contribution is 5.74. The predicted molar refractivity (Wildman–Crippen MR) is 83.7 cm³/mol. The Hall–Kier alpha value is -1.68. The Morgan fingerprint density at radius 2 is 1.86 bits per heavy atom. The molecule has 0 aromatic heterocycles. The largest absolute Gasteiger partial charge is 0.480 e. The van der Waals surface area contributed by atoms with E-state index >= 15 is 0 Å². The van der Waals surface area contributed by atoms with E-state index in [-0.39, 0.29) is 17.8 Å². The Bertz CT molecular complexity index is 524. The van der Waals surface area contributed by atoms with Gasteiger partial charge in [-0.15, -0.1) is 0 Å². The van der Waals surface area contributed by atoms with Gasteiger partial charge in [-0.25, -0.2) is 0 Å². The van der Waals surface area contributed by atoms with E-state index in [2.05, 4.69) is 0 Å². The van der Waals surface area contributed by atoms with Crippen molar-refractivity contribution in [2.75, 3.05) is 13.1 Å². The van der Waals surface area contributed by atoms with E-state index in [1.807, 2.05) is 35.2 Å². The molecule has 2 aliphatic rings. The minimum absolute atomic E-state index is 0.106. The zero-order chi connectivity index (χ0) is 15.5. The van der Waals surface area contributed by atoms with Crippen LogP contribution in [0.4, 0.5) is 0 Å². The van der Waals surface area contributed by atoms with Gasteiger partial charge in [0.25, 0.3) is 0 Å². The topological polar surface area (TPSA) is 57.6 Å². The maximum atomic E-state index is 11.8. The summed E-state index contributed by atoms with van der Waals surface area (Å²) in [5, 5.41) is 9.68. The summed E-state index contributed by atoms with van der Waals surface area (Å²) < 4.78 is 0. The molecule has 1 aliphatic heterocycles. The van der Waals surface area contributed by atoms with Crippen LogP contribution in [0.15, 0.2) is 30.3 Å².